The van der Waals surface area contributed by atoms with E-state index in [-0.39, 0.29) is 11.3 Å². The van der Waals surface area contributed by atoms with Crippen molar-refractivity contribution in [3.8, 4) is 0 Å². The zero-order chi connectivity index (χ0) is 23.7. The molecule has 4 atom stereocenters. The molecule has 4 unspecified atom stereocenters. The normalized spacial score (nSPS) is 29.4. The molecule has 5 rings (SSSR count). The van der Waals surface area contributed by atoms with E-state index < -0.39 is 0 Å². The number of carbonyl (C=O) groups is 1. The van der Waals surface area contributed by atoms with Crippen LogP contribution in [0.15, 0.2) is 30.3 Å². The molecule has 2 N–H and O–H groups in total. The van der Waals surface area contributed by atoms with E-state index in [1.807, 2.05) is 11.3 Å². The topological polar surface area (TPSA) is 57.3 Å². The molecule has 5 nitrogen and oxygen atoms in total. The lowest BCUT2D eigenvalue weighted by Crippen LogP contribution is -2.54. The minimum absolute atomic E-state index is 0.00358. The molecule has 2 aromatic rings. The summed E-state index contributed by atoms with van der Waals surface area (Å²) in [5, 5.41) is 8.32. The van der Waals surface area contributed by atoms with Crippen LogP contribution in [-0.2, 0) is 16.8 Å². The number of aryl methyl sites for hydroxylation is 1. The Kier molecular flexibility index (Phi) is 7.10. The highest BCUT2D eigenvalue weighted by molar-refractivity contribution is 7.11. The van der Waals surface area contributed by atoms with Crippen LogP contribution in [0.5, 0.6) is 0 Å². The van der Waals surface area contributed by atoms with Crippen molar-refractivity contribution >= 4 is 17.2 Å². The summed E-state index contributed by atoms with van der Waals surface area (Å²) in [6, 6.07) is 11.3. The number of likely N-dealkylation sites (tertiary alicyclic amines) is 1. The number of thiazole rings is 1. The van der Waals surface area contributed by atoms with Crippen molar-refractivity contribution in [1.82, 2.24) is 20.5 Å². The van der Waals surface area contributed by atoms with Gasteiger partial charge in [-0.15, -0.1) is 11.3 Å². The first-order valence-electron chi connectivity index (χ1n) is 13.3. The highest BCUT2D eigenvalue weighted by Crippen LogP contribution is 2.46. The summed E-state index contributed by atoms with van der Waals surface area (Å²) in [6.45, 7) is 11.0. The number of hydrogen-bond donors (Lipinski definition) is 2. The van der Waals surface area contributed by atoms with Crippen molar-refractivity contribution in [3.63, 3.8) is 0 Å². The first-order chi connectivity index (χ1) is 16.6. The van der Waals surface area contributed by atoms with Gasteiger partial charge in [0.05, 0.1) is 16.6 Å². The van der Waals surface area contributed by atoms with E-state index in [0.29, 0.717) is 23.8 Å². The number of nitrogens with zero attached hydrogens (tertiary/aromatic N) is 2. The van der Waals surface area contributed by atoms with E-state index in [1.54, 1.807) is 0 Å². The monoisotopic (exact) mass is 480 g/mol. The predicted octanol–water partition coefficient (Wildman–Crippen LogP) is 4.61. The summed E-state index contributed by atoms with van der Waals surface area (Å²) in [5.41, 5.74) is 2.47. The zero-order valence-electron chi connectivity index (χ0n) is 21.0. The van der Waals surface area contributed by atoms with Crippen molar-refractivity contribution in [3.05, 3.63) is 51.5 Å². The van der Waals surface area contributed by atoms with Crippen molar-refractivity contribution < 1.29 is 4.79 Å². The molecule has 6 heteroatoms. The molecular formula is C28H40N4OS. The van der Waals surface area contributed by atoms with Gasteiger partial charge in [-0.2, -0.15) is 0 Å². The van der Waals surface area contributed by atoms with Gasteiger partial charge in [0.15, 0.2) is 0 Å². The Labute approximate surface area is 208 Å². The standard InChI is InChI=1S/C28H40N4OS/c1-4-20(5-2)25-15-22(21-9-7-6-8-10-21)11-14-32(25)27(33)23-16-30-18-28(23)12-13-29-17-24-26(28)34-19(3)31-24/h6-10,20,22-23,25,29-30H,4-5,11-18H2,1-3H3. The van der Waals surface area contributed by atoms with Crippen LogP contribution in [-0.4, -0.2) is 48.0 Å². The summed E-state index contributed by atoms with van der Waals surface area (Å²) >= 11 is 1.82. The summed E-state index contributed by atoms with van der Waals surface area (Å²) in [5.74, 6) is 1.48. The van der Waals surface area contributed by atoms with E-state index in [1.165, 1.54) is 16.1 Å². The number of aromatic nitrogens is 1. The van der Waals surface area contributed by atoms with Crippen LogP contribution in [0.1, 0.15) is 73.0 Å². The maximum atomic E-state index is 14.4. The summed E-state index contributed by atoms with van der Waals surface area (Å²) in [4.78, 5) is 23.0. The number of rotatable bonds is 5. The number of hydrogen-bond acceptors (Lipinski definition) is 5. The lowest BCUT2D eigenvalue weighted by Gasteiger charge is -2.46. The fourth-order valence-electron chi connectivity index (χ4n) is 6.97. The van der Waals surface area contributed by atoms with Crippen LogP contribution in [0.3, 0.4) is 0 Å². The van der Waals surface area contributed by atoms with Crippen molar-refractivity contribution in [1.29, 1.82) is 0 Å². The van der Waals surface area contributed by atoms with Crippen LogP contribution in [0, 0.1) is 18.8 Å². The van der Waals surface area contributed by atoms with Gasteiger partial charge < -0.3 is 15.5 Å². The molecule has 184 valence electrons. The number of piperidine rings is 1. The lowest BCUT2D eigenvalue weighted by atomic mass is 9.72. The van der Waals surface area contributed by atoms with Crippen molar-refractivity contribution in [2.75, 3.05) is 26.2 Å². The van der Waals surface area contributed by atoms with Gasteiger partial charge in [-0.3, -0.25) is 4.79 Å². The molecule has 4 heterocycles. The van der Waals surface area contributed by atoms with Gasteiger partial charge in [-0.05, 0) is 50.1 Å². The number of carbonyl (C=O) groups excluding carboxylic acids is 1. The minimum Gasteiger partial charge on any atom is -0.339 e. The predicted molar refractivity (Wildman–Crippen MR) is 139 cm³/mol. The summed E-state index contributed by atoms with van der Waals surface area (Å²) in [7, 11) is 0. The first kappa shape index (κ1) is 24.0. The fourth-order valence-corrected chi connectivity index (χ4v) is 8.18. The van der Waals surface area contributed by atoms with E-state index in [0.717, 1.165) is 69.8 Å². The SMILES string of the molecule is CCC(CC)C1CC(c2ccccc2)CCN1C(=O)C1CNCC12CCNCc1nc(C)sc12. The number of nitrogens with one attached hydrogen (secondary N) is 2. The molecule has 2 saturated heterocycles. The van der Waals surface area contributed by atoms with Crippen LogP contribution < -0.4 is 10.6 Å². The van der Waals surface area contributed by atoms with E-state index in [4.69, 9.17) is 4.98 Å². The van der Waals surface area contributed by atoms with Crippen LogP contribution in [0.2, 0.25) is 0 Å². The molecule has 0 radical (unpaired) electrons. The van der Waals surface area contributed by atoms with Crippen LogP contribution in [0.25, 0.3) is 0 Å². The molecule has 2 fully saturated rings. The van der Waals surface area contributed by atoms with Gasteiger partial charge in [0.1, 0.15) is 0 Å². The van der Waals surface area contributed by atoms with E-state index in [9.17, 15) is 4.79 Å². The molecule has 34 heavy (non-hydrogen) atoms. The van der Waals surface area contributed by atoms with Gasteiger partial charge in [-0.25, -0.2) is 4.98 Å². The van der Waals surface area contributed by atoms with Crippen molar-refractivity contribution in [2.24, 2.45) is 11.8 Å². The van der Waals surface area contributed by atoms with Gasteiger partial charge in [0.25, 0.3) is 0 Å². The minimum atomic E-state index is -0.128. The van der Waals surface area contributed by atoms with Gasteiger partial charge in [0, 0.05) is 42.5 Å². The second-order valence-electron chi connectivity index (χ2n) is 10.6. The van der Waals surface area contributed by atoms with E-state index in [2.05, 4.69) is 66.6 Å². The fraction of sp³-hybridized carbons (Fsp3) is 0.643. The highest BCUT2D eigenvalue weighted by atomic mass is 32.1. The molecule has 1 spiro atoms. The average molecular weight is 481 g/mol. The molecule has 1 aromatic carbocycles. The lowest BCUT2D eigenvalue weighted by molar-refractivity contribution is -0.142. The Bertz CT molecular complexity index is 988. The molecule has 0 aliphatic carbocycles. The summed E-state index contributed by atoms with van der Waals surface area (Å²) < 4.78 is 0. The number of benzene rings is 1. The Hall–Kier alpha value is -1.76. The first-order valence-corrected chi connectivity index (χ1v) is 14.1. The van der Waals surface area contributed by atoms with Gasteiger partial charge in [-0.1, -0.05) is 57.0 Å². The smallest absolute Gasteiger partial charge is 0.228 e. The largest absolute Gasteiger partial charge is 0.339 e. The maximum absolute atomic E-state index is 14.4. The molecule has 3 aliphatic heterocycles. The molecule has 1 amide bonds. The number of amides is 1. The summed E-state index contributed by atoms with van der Waals surface area (Å²) in [6.07, 6.45) is 5.40. The molecule has 3 aliphatic rings. The van der Waals surface area contributed by atoms with Gasteiger partial charge >= 0.3 is 0 Å². The van der Waals surface area contributed by atoms with Crippen LogP contribution >= 0.6 is 11.3 Å². The Balaban J connectivity index is 1.45. The Morgan fingerprint density at radius 1 is 1.24 bits per heavy atom. The maximum Gasteiger partial charge on any atom is 0.228 e. The highest BCUT2D eigenvalue weighted by Gasteiger charge is 2.53. The molecular weight excluding hydrogens is 440 g/mol. The third-order valence-corrected chi connectivity index (χ3v) is 10.1. The number of fused-ring (bicyclic) bond motifs is 2. The average Bonchev–Trinajstić information content (AvgIpc) is 3.42. The molecule has 0 saturated carbocycles. The molecule has 1 aromatic heterocycles. The van der Waals surface area contributed by atoms with Gasteiger partial charge in [0.2, 0.25) is 5.91 Å². The third-order valence-electron chi connectivity index (χ3n) is 8.84. The van der Waals surface area contributed by atoms with E-state index >= 15 is 0 Å². The Morgan fingerprint density at radius 2 is 2.03 bits per heavy atom. The second-order valence-corrected chi connectivity index (χ2v) is 11.8. The third kappa shape index (κ3) is 4.22. The molecule has 0 bridgehead atoms. The Morgan fingerprint density at radius 3 is 2.79 bits per heavy atom. The zero-order valence-corrected chi connectivity index (χ0v) is 21.8. The second kappa shape index (κ2) is 10.1. The van der Waals surface area contributed by atoms with Crippen molar-refractivity contribution in [2.45, 2.75) is 76.8 Å². The van der Waals surface area contributed by atoms with Crippen LogP contribution in [0.4, 0.5) is 0 Å². The quantitative estimate of drug-likeness (QED) is 0.656.